The van der Waals surface area contributed by atoms with Gasteiger partial charge in [-0.2, -0.15) is 5.10 Å². The largest absolute Gasteiger partial charge is 0.447 e. The molecule has 1 aromatic heterocycles. The molecule has 0 amide bonds. The minimum absolute atomic E-state index is 0.113. The van der Waals surface area contributed by atoms with Crippen LogP contribution >= 0.6 is 0 Å². The number of hydrogen-bond donors (Lipinski definition) is 1. The summed E-state index contributed by atoms with van der Waals surface area (Å²) in [6, 6.07) is 4.35. The van der Waals surface area contributed by atoms with Crippen molar-refractivity contribution in [3.05, 3.63) is 46.3 Å². The molecule has 0 saturated heterocycles. The zero-order valence-electron chi connectivity index (χ0n) is 10.5. The normalized spacial score (nSPS) is 12.2. The molecule has 0 aliphatic heterocycles. The van der Waals surface area contributed by atoms with Gasteiger partial charge in [0.15, 0.2) is 5.75 Å². The molecule has 0 spiro atoms. The average Bonchev–Trinajstić information content (AvgIpc) is 2.74. The van der Waals surface area contributed by atoms with Crippen LogP contribution in [0.2, 0.25) is 0 Å². The minimum atomic E-state index is -0.772. The summed E-state index contributed by atoms with van der Waals surface area (Å²) in [7, 11) is 1.72. The molecule has 0 aliphatic rings. The number of aryl methyl sites for hydroxylation is 1. The molecule has 2 aromatic rings. The third-order valence-electron chi connectivity index (χ3n) is 2.57. The zero-order chi connectivity index (χ0) is 14.0. The van der Waals surface area contributed by atoms with E-state index in [1.807, 2.05) is 0 Å². The number of benzene rings is 1. The average molecular weight is 263 g/mol. The maximum Gasteiger partial charge on any atom is 0.311 e. The van der Waals surface area contributed by atoms with Gasteiger partial charge in [-0.15, -0.1) is 0 Å². The van der Waals surface area contributed by atoms with Gasteiger partial charge < -0.3 is 9.84 Å². The fourth-order valence-electron chi connectivity index (χ4n) is 1.60. The van der Waals surface area contributed by atoms with Crippen LogP contribution < -0.4 is 4.74 Å². The van der Waals surface area contributed by atoms with Crippen LogP contribution in [-0.4, -0.2) is 19.8 Å². The monoisotopic (exact) mass is 263 g/mol. The van der Waals surface area contributed by atoms with Crippen molar-refractivity contribution in [1.29, 1.82) is 0 Å². The summed E-state index contributed by atoms with van der Waals surface area (Å²) < 4.78 is 6.95. The maximum absolute atomic E-state index is 11.0. The first-order valence-corrected chi connectivity index (χ1v) is 5.60. The molecule has 1 N–H and O–H groups in total. The molecular formula is C12H13N3O4. The van der Waals surface area contributed by atoms with Crippen molar-refractivity contribution in [3.8, 4) is 11.5 Å². The molecule has 100 valence electrons. The van der Waals surface area contributed by atoms with Crippen molar-refractivity contribution >= 4 is 5.69 Å². The van der Waals surface area contributed by atoms with E-state index in [-0.39, 0.29) is 11.4 Å². The van der Waals surface area contributed by atoms with Crippen molar-refractivity contribution in [3.63, 3.8) is 0 Å². The molecule has 1 aromatic carbocycles. The van der Waals surface area contributed by atoms with Gasteiger partial charge >= 0.3 is 5.69 Å². The number of nitro benzene ring substituents is 1. The standard InChI is InChI=1S/C12H13N3O4/c1-8(16)9-3-4-12(11(5-9)15(17)18)19-10-6-13-14(2)7-10/h3-8,16H,1-2H3. The second-order valence-corrected chi connectivity index (χ2v) is 4.11. The van der Waals surface area contributed by atoms with E-state index in [2.05, 4.69) is 5.10 Å². The van der Waals surface area contributed by atoms with Crippen LogP contribution in [0, 0.1) is 10.1 Å². The lowest BCUT2D eigenvalue weighted by Crippen LogP contribution is -1.97. The van der Waals surface area contributed by atoms with Crippen LogP contribution in [0.1, 0.15) is 18.6 Å². The fourth-order valence-corrected chi connectivity index (χ4v) is 1.60. The molecule has 0 aliphatic carbocycles. The van der Waals surface area contributed by atoms with Crippen molar-refractivity contribution in [2.45, 2.75) is 13.0 Å². The highest BCUT2D eigenvalue weighted by atomic mass is 16.6. The Hall–Kier alpha value is -2.41. The Morgan fingerprint density at radius 1 is 1.53 bits per heavy atom. The van der Waals surface area contributed by atoms with Gasteiger partial charge in [-0.05, 0) is 18.6 Å². The zero-order valence-corrected chi connectivity index (χ0v) is 10.5. The Morgan fingerprint density at radius 2 is 2.26 bits per heavy atom. The third kappa shape index (κ3) is 2.89. The molecule has 19 heavy (non-hydrogen) atoms. The summed E-state index contributed by atoms with van der Waals surface area (Å²) in [5.74, 6) is 0.526. The first-order valence-electron chi connectivity index (χ1n) is 5.60. The number of aliphatic hydroxyl groups is 1. The highest BCUT2D eigenvalue weighted by Crippen LogP contribution is 2.33. The molecule has 0 fully saturated rings. The van der Waals surface area contributed by atoms with Crippen molar-refractivity contribution in [2.75, 3.05) is 0 Å². The summed E-state index contributed by atoms with van der Waals surface area (Å²) >= 11 is 0. The summed E-state index contributed by atoms with van der Waals surface area (Å²) in [5.41, 5.74) is 0.271. The van der Waals surface area contributed by atoms with Crippen LogP contribution in [0.4, 0.5) is 5.69 Å². The van der Waals surface area contributed by atoms with E-state index in [1.165, 1.54) is 23.0 Å². The summed E-state index contributed by atoms with van der Waals surface area (Å²) in [5, 5.41) is 24.4. The molecule has 0 saturated carbocycles. The summed E-state index contributed by atoms with van der Waals surface area (Å²) in [6.07, 6.45) is 2.30. The Bertz CT molecular complexity index is 607. The van der Waals surface area contributed by atoms with E-state index < -0.39 is 11.0 Å². The van der Waals surface area contributed by atoms with E-state index in [1.54, 1.807) is 26.2 Å². The van der Waals surface area contributed by atoms with E-state index in [4.69, 9.17) is 4.74 Å². The molecule has 0 bridgehead atoms. The minimum Gasteiger partial charge on any atom is -0.447 e. The lowest BCUT2D eigenvalue weighted by Gasteiger charge is -2.07. The Morgan fingerprint density at radius 3 is 2.79 bits per heavy atom. The van der Waals surface area contributed by atoms with Gasteiger partial charge in [-0.25, -0.2) is 0 Å². The van der Waals surface area contributed by atoms with E-state index in [0.29, 0.717) is 11.3 Å². The topological polar surface area (TPSA) is 90.4 Å². The predicted molar refractivity (Wildman–Crippen MR) is 67.0 cm³/mol. The van der Waals surface area contributed by atoms with Crippen LogP contribution in [0.5, 0.6) is 11.5 Å². The van der Waals surface area contributed by atoms with Gasteiger partial charge in [0.25, 0.3) is 0 Å². The number of rotatable bonds is 4. The summed E-state index contributed by atoms with van der Waals surface area (Å²) in [6.45, 7) is 1.54. The molecule has 1 heterocycles. The van der Waals surface area contributed by atoms with Gasteiger partial charge in [-0.3, -0.25) is 14.8 Å². The number of hydrogen-bond acceptors (Lipinski definition) is 5. The van der Waals surface area contributed by atoms with Gasteiger partial charge in [0.1, 0.15) is 0 Å². The van der Waals surface area contributed by atoms with Crippen LogP contribution in [0.25, 0.3) is 0 Å². The SMILES string of the molecule is CC(O)c1ccc(Oc2cnn(C)c2)c([N+](=O)[O-])c1. The first kappa shape index (κ1) is 13.0. The summed E-state index contributed by atoms with van der Waals surface area (Å²) in [4.78, 5) is 10.5. The number of nitro groups is 1. The smallest absolute Gasteiger partial charge is 0.311 e. The number of aliphatic hydroxyl groups excluding tert-OH is 1. The maximum atomic E-state index is 11.0. The van der Waals surface area contributed by atoms with Crippen molar-refractivity contribution < 1.29 is 14.8 Å². The molecule has 1 unspecified atom stereocenters. The van der Waals surface area contributed by atoms with Crippen LogP contribution in [-0.2, 0) is 7.05 Å². The quantitative estimate of drug-likeness (QED) is 0.674. The lowest BCUT2D eigenvalue weighted by atomic mass is 10.1. The second-order valence-electron chi connectivity index (χ2n) is 4.11. The molecule has 0 radical (unpaired) electrons. The highest BCUT2D eigenvalue weighted by Gasteiger charge is 2.18. The van der Waals surface area contributed by atoms with Crippen molar-refractivity contribution in [2.24, 2.45) is 7.05 Å². The Balaban J connectivity index is 2.36. The van der Waals surface area contributed by atoms with Gasteiger partial charge in [0.2, 0.25) is 5.75 Å². The lowest BCUT2D eigenvalue weighted by molar-refractivity contribution is -0.385. The number of nitrogens with zero attached hydrogens (tertiary/aromatic N) is 3. The third-order valence-corrected chi connectivity index (χ3v) is 2.57. The second kappa shape index (κ2) is 5.07. The molecule has 7 heteroatoms. The molecule has 1 atom stereocenters. The Labute approximate surface area is 109 Å². The molecule has 7 nitrogen and oxygen atoms in total. The highest BCUT2D eigenvalue weighted by molar-refractivity contribution is 5.50. The van der Waals surface area contributed by atoms with Gasteiger partial charge in [0, 0.05) is 13.1 Å². The van der Waals surface area contributed by atoms with E-state index in [9.17, 15) is 15.2 Å². The van der Waals surface area contributed by atoms with Gasteiger partial charge in [0.05, 0.1) is 23.4 Å². The number of aromatic nitrogens is 2. The van der Waals surface area contributed by atoms with Gasteiger partial charge in [-0.1, -0.05) is 6.07 Å². The molecule has 2 rings (SSSR count). The van der Waals surface area contributed by atoms with E-state index in [0.717, 1.165) is 0 Å². The number of ether oxygens (including phenoxy) is 1. The van der Waals surface area contributed by atoms with E-state index >= 15 is 0 Å². The first-order chi connectivity index (χ1) is 8.97. The predicted octanol–water partition coefficient (Wildman–Crippen LogP) is 2.17. The van der Waals surface area contributed by atoms with Crippen LogP contribution in [0.3, 0.4) is 0 Å². The van der Waals surface area contributed by atoms with Crippen molar-refractivity contribution in [1.82, 2.24) is 9.78 Å². The van der Waals surface area contributed by atoms with Crippen LogP contribution in [0.15, 0.2) is 30.6 Å². The Kier molecular flexibility index (Phi) is 3.48. The molecular weight excluding hydrogens is 250 g/mol. The fraction of sp³-hybridized carbons (Fsp3) is 0.250.